The van der Waals surface area contributed by atoms with Crippen LogP contribution in [0, 0.1) is 0 Å². The molecule has 3 heteroatoms. The number of ether oxygens (including phenoxy) is 1. The van der Waals surface area contributed by atoms with Crippen LogP contribution < -0.4 is 4.74 Å². The second-order valence-corrected chi connectivity index (χ2v) is 4.89. The molecule has 1 atom stereocenters. The average molecular weight is 272 g/mol. The molecule has 1 aromatic rings. The lowest BCUT2D eigenvalue weighted by atomic mass is 10.1. The van der Waals surface area contributed by atoms with Crippen molar-refractivity contribution in [1.82, 2.24) is 4.90 Å². The summed E-state index contributed by atoms with van der Waals surface area (Å²) in [6.45, 7) is 2.21. The van der Waals surface area contributed by atoms with Gasteiger partial charge in [0, 0.05) is 10.5 Å². The molecule has 0 amide bonds. The zero-order valence-electron chi connectivity index (χ0n) is 9.75. The molecule has 0 spiro atoms. The summed E-state index contributed by atoms with van der Waals surface area (Å²) in [6.07, 6.45) is 0.996. The van der Waals surface area contributed by atoms with Crippen LogP contribution in [0.5, 0.6) is 5.75 Å². The molecule has 0 saturated heterocycles. The predicted octanol–water partition coefficient (Wildman–Crippen LogP) is 2.95. The van der Waals surface area contributed by atoms with Gasteiger partial charge in [-0.1, -0.05) is 15.9 Å². The highest BCUT2D eigenvalue weighted by atomic mass is 79.9. The second kappa shape index (κ2) is 5.52. The van der Waals surface area contributed by atoms with Crippen LogP contribution in [-0.2, 0) is 6.42 Å². The first-order valence-electron chi connectivity index (χ1n) is 5.03. The van der Waals surface area contributed by atoms with Crippen molar-refractivity contribution in [3.05, 3.63) is 28.2 Å². The molecule has 1 aromatic carbocycles. The van der Waals surface area contributed by atoms with Gasteiger partial charge in [-0.15, -0.1) is 0 Å². The zero-order valence-corrected chi connectivity index (χ0v) is 11.3. The van der Waals surface area contributed by atoms with Gasteiger partial charge in [0.15, 0.2) is 0 Å². The minimum absolute atomic E-state index is 0.508. The van der Waals surface area contributed by atoms with Crippen LogP contribution in [0.3, 0.4) is 0 Å². The van der Waals surface area contributed by atoms with Crippen LogP contribution in [0.25, 0.3) is 0 Å². The Labute approximate surface area is 100 Å². The lowest BCUT2D eigenvalue weighted by Crippen LogP contribution is -2.26. The summed E-state index contributed by atoms with van der Waals surface area (Å²) in [5.41, 5.74) is 1.24. The van der Waals surface area contributed by atoms with Gasteiger partial charge in [-0.25, -0.2) is 0 Å². The van der Waals surface area contributed by atoms with Crippen molar-refractivity contribution in [2.75, 3.05) is 21.2 Å². The van der Waals surface area contributed by atoms with E-state index < -0.39 is 0 Å². The summed E-state index contributed by atoms with van der Waals surface area (Å²) in [6, 6.07) is 6.64. The van der Waals surface area contributed by atoms with Gasteiger partial charge in [-0.05, 0) is 51.2 Å². The van der Waals surface area contributed by atoms with Crippen molar-refractivity contribution in [3.63, 3.8) is 0 Å². The topological polar surface area (TPSA) is 12.5 Å². The van der Waals surface area contributed by atoms with E-state index in [1.165, 1.54) is 5.56 Å². The van der Waals surface area contributed by atoms with E-state index in [1.807, 2.05) is 12.1 Å². The molecule has 15 heavy (non-hydrogen) atoms. The van der Waals surface area contributed by atoms with E-state index >= 15 is 0 Å². The van der Waals surface area contributed by atoms with E-state index in [-0.39, 0.29) is 0 Å². The van der Waals surface area contributed by atoms with E-state index in [0.29, 0.717) is 6.04 Å². The maximum atomic E-state index is 5.34. The lowest BCUT2D eigenvalue weighted by molar-refractivity contribution is 0.308. The van der Waals surface area contributed by atoms with Gasteiger partial charge in [0.1, 0.15) is 5.75 Å². The molecule has 1 rings (SSSR count). The molecule has 0 aromatic heterocycles. The Hall–Kier alpha value is -0.540. The molecular weight excluding hydrogens is 254 g/mol. The number of benzene rings is 1. The first kappa shape index (κ1) is 12.5. The van der Waals surface area contributed by atoms with Crippen molar-refractivity contribution >= 4 is 15.9 Å². The number of nitrogens with zero attached hydrogens (tertiary/aromatic N) is 1. The largest absolute Gasteiger partial charge is 0.496 e. The van der Waals surface area contributed by atoms with Crippen LogP contribution >= 0.6 is 15.9 Å². The molecule has 0 heterocycles. The van der Waals surface area contributed by atoms with E-state index in [9.17, 15) is 0 Å². The monoisotopic (exact) mass is 271 g/mol. The number of methoxy groups -OCH3 is 1. The second-order valence-electron chi connectivity index (χ2n) is 3.97. The predicted molar refractivity (Wildman–Crippen MR) is 67.5 cm³/mol. The molecule has 0 radical (unpaired) electrons. The highest BCUT2D eigenvalue weighted by Crippen LogP contribution is 2.24. The third kappa shape index (κ3) is 3.50. The minimum atomic E-state index is 0.508. The van der Waals surface area contributed by atoms with Gasteiger partial charge in [-0.2, -0.15) is 0 Å². The quantitative estimate of drug-likeness (QED) is 0.835. The average Bonchev–Trinajstić information content (AvgIpc) is 2.18. The fourth-order valence-corrected chi connectivity index (χ4v) is 1.82. The molecule has 1 unspecified atom stereocenters. The molecule has 0 bridgehead atoms. The molecule has 0 saturated carbocycles. The molecule has 0 fully saturated rings. The fraction of sp³-hybridized carbons (Fsp3) is 0.500. The maximum Gasteiger partial charge on any atom is 0.122 e. The van der Waals surface area contributed by atoms with Gasteiger partial charge in [0.25, 0.3) is 0 Å². The summed E-state index contributed by atoms with van der Waals surface area (Å²) in [5.74, 6) is 0.965. The molecule has 2 nitrogen and oxygen atoms in total. The SMILES string of the molecule is COc1ccc(Br)cc1CC(C)N(C)C. The van der Waals surface area contributed by atoms with Gasteiger partial charge in [0.05, 0.1) is 7.11 Å². The van der Waals surface area contributed by atoms with Gasteiger partial charge < -0.3 is 9.64 Å². The minimum Gasteiger partial charge on any atom is -0.496 e. The summed E-state index contributed by atoms with van der Waals surface area (Å²) < 4.78 is 6.44. The van der Waals surface area contributed by atoms with Gasteiger partial charge in [0.2, 0.25) is 0 Å². The summed E-state index contributed by atoms with van der Waals surface area (Å²) >= 11 is 3.48. The van der Waals surface area contributed by atoms with Crippen molar-refractivity contribution < 1.29 is 4.74 Å². The van der Waals surface area contributed by atoms with Crippen molar-refractivity contribution in [1.29, 1.82) is 0 Å². The number of halogens is 1. The Kier molecular flexibility index (Phi) is 4.61. The number of likely N-dealkylation sites (N-methyl/N-ethyl adjacent to an activating group) is 1. The van der Waals surface area contributed by atoms with Crippen LogP contribution in [0.15, 0.2) is 22.7 Å². The molecule has 0 aliphatic rings. The Balaban J connectivity index is 2.87. The zero-order chi connectivity index (χ0) is 11.4. The molecular formula is C12H18BrNO. The van der Waals surface area contributed by atoms with Crippen molar-refractivity contribution in [2.24, 2.45) is 0 Å². The van der Waals surface area contributed by atoms with Crippen LogP contribution in [-0.4, -0.2) is 32.1 Å². The number of hydrogen-bond donors (Lipinski definition) is 0. The summed E-state index contributed by atoms with van der Waals surface area (Å²) in [5, 5.41) is 0. The van der Waals surface area contributed by atoms with E-state index in [4.69, 9.17) is 4.74 Å². The van der Waals surface area contributed by atoms with E-state index in [0.717, 1.165) is 16.6 Å². The van der Waals surface area contributed by atoms with Gasteiger partial charge >= 0.3 is 0 Å². The first-order valence-corrected chi connectivity index (χ1v) is 5.82. The molecule has 0 aliphatic carbocycles. The van der Waals surface area contributed by atoms with Crippen molar-refractivity contribution in [2.45, 2.75) is 19.4 Å². The third-order valence-corrected chi connectivity index (χ3v) is 3.13. The Morgan fingerprint density at radius 3 is 2.60 bits per heavy atom. The Morgan fingerprint density at radius 1 is 1.40 bits per heavy atom. The smallest absolute Gasteiger partial charge is 0.122 e. The van der Waals surface area contributed by atoms with Gasteiger partial charge in [-0.3, -0.25) is 0 Å². The standard InChI is InChI=1S/C12H18BrNO/c1-9(14(2)3)7-10-8-11(13)5-6-12(10)15-4/h5-6,8-9H,7H2,1-4H3. The number of rotatable bonds is 4. The number of hydrogen-bond acceptors (Lipinski definition) is 2. The summed E-state index contributed by atoms with van der Waals surface area (Å²) in [4.78, 5) is 2.21. The van der Waals surface area contributed by atoms with Crippen LogP contribution in [0.4, 0.5) is 0 Å². The van der Waals surface area contributed by atoms with E-state index in [2.05, 4.69) is 47.9 Å². The maximum absolute atomic E-state index is 5.34. The van der Waals surface area contributed by atoms with Crippen LogP contribution in [0.1, 0.15) is 12.5 Å². The summed E-state index contributed by atoms with van der Waals surface area (Å²) in [7, 11) is 5.90. The van der Waals surface area contributed by atoms with Crippen molar-refractivity contribution in [3.8, 4) is 5.75 Å². The first-order chi connectivity index (χ1) is 7.04. The molecule has 0 N–H and O–H groups in total. The van der Waals surface area contributed by atoms with E-state index in [1.54, 1.807) is 7.11 Å². The Morgan fingerprint density at radius 2 is 2.07 bits per heavy atom. The van der Waals surface area contributed by atoms with Crippen LogP contribution in [0.2, 0.25) is 0 Å². The highest BCUT2D eigenvalue weighted by Gasteiger charge is 2.10. The Bertz CT molecular complexity index is 325. The lowest BCUT2D eigenvalue weighted by Gasteiger charge is -2.20. The third-order valence-electron chi connectivity index (χ3n) is 2.64. The highest BCUT2D eigenvalue weighted by molar-refractivity contribution is 9.10. The molecule has 84 valence electrons. The normalized spacial score (nSPS) is 12.9. The molecule has 0 aliphatic heterocycles. The fourth-order valence-electron chi connectivity index (χ4n) is 1.41.